The molecule has 0 saturated carbocycles. The van der Waals surface area contributed by atoms with Gasteiger partial charge < -0.3 is 9.80 Å². The Morgan fingerprint density at radius 1 is 1.23 bits per heavy atom. The third-order valence-corrected chi connectivity index (χ3v) is 3.64. The van der Waals surface area contributed by atoms with Gasteiger partial charge in [-0.1, -0.05) is 11.6 Å². The zero-order chi connectivity index (χ0) is 16.1. The highest BCUT2D eigenvalue weighted by molar-refractivity contribution is 6.31. The van der Waals surface area contributed by atoms with Crippen molar-refractivity contribution in [3.8, 4) is 0 Å². The van der Waals surface area contributed by atoms with Gasteiger partial charge in [0.2, 0.25) is 5.95 Å². The molecule has 2 aromatic rings. The number of halogens is 1. The molecular formula is C16H20ClN5. The van der Waals surface area contributed by atoms with Crippen LogP contribution in [0, 0.1) is 6.92 Å². The van der Waals surface area contributed by atoms with Crippen LogP contribution in [0.25, 0.3) is 0 Å². The zero-order valence-electron chi connectivity index (χ0n) is 13.3. The molecule has 0 aliphatic carbocycles. The Bertz CT molecular complexity index is 657. The first kappa shape index (κ1) is 16.2. The molecule has 0 aliphatic rings. The highest BCUT2D eigenvalue weighted by Crippen LogP contribution is 2.34. The Balaban J connectivity index is 2.40. The van der Waals surface area contributed by atoms with Gasteiger partial charge in [0.1, 0.15) is 0 Å². The Hall–Kier alpha value is -2.14. The van der Waals surface area contributed by atoms with Gasteiger partial charge in [-0.15, -0.1) is 0 Å². The van der Waals surface area contributed by atoms with Crippen molar-refractivity contribution >= 4 is 35.3 Å². The normalized spacial score (nSPS) is 11.0. The van der Waals surface area contributed by atoms with E-state index in [1.165, 1.54) is 0 Å². The lowest BCUT2D eigenvalue weighted by Gasteiger charge is -2.20. The summed E-state index contributed by atoms with van der Waals surface area (Å²) in [5.74, 6) is 0.619. The number of aromatic nitrogens is 2. The van der Waals surface area contributed by atoms with Crippen LogP contribution >= 0.6 is 11.6 Å². The minimum atomic E-state index is 0.619. The molecule has 6 heteroatoms. The molecule has 0 fully saturated rings. The summed E-state index contributed by atoms with van der Waals surface area (Å²) in [6.07, 6.45) is 5.24. The van der Waals surface area contributed by atoms with Gasteiger partial charge in [0.25, 0.3) is 0 Å². The predicted octanol–water partition coefficient (Wildman–Crippen LogP) is 3.82. The number of nitrogens with zero attached hydrogens (tertiary/aromatic N) is 5. The summed E-state index contributed by atoms with van der Waals surface area (Å²) < 4.78 is 0. The van der Waals surface area contributed by atoms with Crippen LogP contribution in [0.3, 0.4) is 0 Å². The minimum Gasteiger partial charge on any atom is -0.366 e. The summed E-state index contributed by atoms with van der Waals surface area (Å²) in [5.41, 5.74) is 2.80. The van der Waals surface area contributed by atoms with Crippen LogP contribution in [0.1, 0.15) is 12.5 Å². The van der Waals surface area contributed by atoms with E-state index in [-0.39, 0.29) is 0 Å². The lowest BCUT2D eigenvalue weighted by Crippen LogP contribution is -2.15. The summed E-state index contributed by atoms with van der Waals surface area (Å²) in [4.78, 5) is 17.0. The molecule has 0 amide bonds. The molecular weight excluding hydrogens is 298 g/mol. The van der Waals surface area contributed by atoms with Gasteiger partial charge in [0.15, 0.2) is 0 Å². The summed E-state index contributed by atoms with van der Waals surface area (Å²) in [5, 5.41) is 0.634. The second-order valence-electron chi connectivity index (χ2n) is 4.99. The second-order valence-corrected chi connectivity index (χ2v) is 5.43. The first-order valence-electron chi connectivity index (χ1n) is 7.08. The highest BCUT2D eigenvalue weighted by atomic mass is 35.5. The standard InChI is InChI=1S/C16H20ClN5/c1-5-21(3)11-20-14-9-13(17)10-15(12(14)2)22(4)16-18-7-6-8-19-16/h6-11H,5H2,1-4H3/b20-11-. The molecule has 0 aliphatic heterocycles. The molecule has 2 rings (SSSR count). The first-order chi connectivity index (χ1) is 10.5. The summed E-state index contributed by atoms with van der Waals surface area (Å²) in [6, 6.07) is 5.55. The number of rotatable bonds is 5. The van der Waals surface area contributed by atoms with Gasteiger partial charge >= 0.3 is 0 Å². The van der Waals surface area contributed by atoms with E-state index < -0.39 is 0 Å². The van der Waals surface area contributed by atoms with E-state index in [2.05, 4.69) is 21.9 Å². The molecule has 116 valence electrons. The maximum atomic E-state index is 6.25. The summed E-state index contributed by atoms with van der Waals surface area (Å²) >= 11 is 6.25. The van der Waals surface area contributed by atoms with Gasteiger partial charge in [-0.3, -0.25) is 0 Å². The molecule has 0 unspecified atom stereocenters. The molecule has 22 heavy (non-hydrogen) atoms. The predicted molar refractivity (Wildman–Crippen MR) is 92.7 cm³/mol. The fourth-order valence-electron chi connectivity index (χ4n) is 1.95. The number of anilines is 2. The average molecular weight is 318 g/mol. The number of aliphatic imine (C=N–C) groups is 1. The van der Waals surface area contributed by atoms with Crippen LogP contribution in [0.4, 0.5) is 17.3 Å². The zero-order valence-corrected chi connectivity index (χ0v) is 14.0. The van der Waals surface area contributed by atoms with Crippen molar-refractivity contribution in [3.63, 3.8) is 0 Å². The van der Waals surface area contributed by atoms with E-state index in [9.17, 15) is 0 Å². The molecule has 0 N–H and O–H groups in total. The van der Waals surface area contributed by atoms with Crippen molar-refractivity contribution in [2.75, 3.05) is 25.5 Å². The van der Waals surface area contributed by atoms with Gasteiger partial charge in [-0.05, 0) is 37.6 Å². The molecule has 0 atom stereocenters. The number of benzene rings is 1. The highest BCUT2D eigenvalue weighted by Gasteiger charge is 2.13. The molecule has 0 spiro atoms. The Morgan fingerprint density at radius 3 is 2.55 bits per heavy atom. The van der Waals surface area contributed by atoms with E-state index in [0.29, 0.717) is 11.0 Å². The summed E-state index contributed by atoms with van der Waals surface area (Å²) in [7, 11) is 3.90. The van der Waals surface area contributed by atoms with E-state index in [0.717, 1.165) is 23.5 Å². The smallest absolute Gasteiger partial charge is 0.229 e. The minimum absolute atomic E-state index is 0.619. The van der Waals surface area contributed by atoms with E-state index >= 15 is 0 Å². The second kappa shape index (κ2) is 7.22. The quantitative estimate of drug-likeness (QED) is 0.621. The number of hydrogen-bond acceptors (Lipinski definition) is 4. The SMILES string of the molecule is CCN(C)/C=N\c1cc(Cl)cc(N(C)c2ncccn2)c1C. The molecule has 1 aromatic heterocycles. The Kier molecular flexibility index (Phi) is 5.33. The third kappa shape index (κ3) is 3.74. The van der Waals surface area contributed by atoms with Gasteiger partial charge in [-0.2, -0.15) is 0 Å². The van der Waals surface area contributed by atoms with Crippen LogP contribution < -0.4 is 4.90 Å². The monoisotopic (exact) mass is 317 g/mol. The first-order valence-corrected chi connectivity index (χ1v) is 7.46. The van der Waals surface area contributed by atoms with Crippen molar-refractivity contribution in [3.05, 3.63) is 41.2 Å². The van der Waals surface area contributed by atoms with Gasteiger partial charge in [0.05, 0.1) is 17.7 Å². The van der Waals surface area contributed by atoms with E-state index in [1.807, 2.05) is 49.3 Å². The van der Waals surface area contributed by atoms with E-state index in [4.69, 9.17) is 11.6 Å². The molecule has 0 radical (unpaired) electrons. The fraction of sp³-hybridized carbons (Fsp3) is 0.312. The molecule has 1 aromatic carbocycles. The van der Waals surface area contributed by atoms with Crippen molar-refractivity contribution < 1.29 is 0 Å². The van der Waals surface area contributed by atoms with Gasteiger partial charge in [-0.25, -0.2) is 15.0 Å². The summed E-state index contributed by atoms with van der Waals surface area (Å²) in [6.45, 7) is 4.99. The topological polar surface area (TPSA) is 44.6 Å². The maximum absolute atomic E-state index is 6.25. The maximum Gasteiger partial charge on any atom is 0.229 e. The lowest BCUT2D eigenvalue weighted by molar-refractivity contribution is 0.552. The van der Waals surface area contributed by atoms with E-state index in [1.54, 1.807) is 18.5 Å². The van der Waals surface area contributed by atoms with Crippen molar-refractivity contribution in [2.24, 2.45) is 4.99 Å². The van der Waals surface area contributed by atoms with Crippen molar-refractivity contribution in [2.45, 2.75) is 13.8 Å². The molecule has 0 bridgehead atoms. The lowest BCUT2D eigenvalue weighted by atomic mass is 10.1. The Labute approximate surface area is 136 Å². The largest absolute Gasteiger partial charge is 0.366 e. The molecule has 1 heterocycles. The van der Waals surface area contributed by atoms with Gasteiger partial charge in [0, 0.05) is 38.1 Å². The van der Waals surface area contributed by atoms with Crippen LogP contribution in [0.15, 0.2) is 35.6 Å². The number of hydrogen-bond donors (Lipinski definition) is 0. The fourth-order valence-corrected chi connectivity index (χ4v) is 2.15. The van der Waals surface area contributed by atoms with Crippen LogP contribution in [0.5, 0.6) is 0 Å². The van der Waals surface area contributed by atoms with Crippen LogP contribution in [0.2, 0.25) is 5.02 Å². The average Bonchev–Trinajstić information content (AvgIpc) is 2.55. The van der Waals surface area contributed by atoms with Crippen LogP contribution in [-0.2, 0) is 0 Å². The van der Waals surface area contributed by atoms with Crippen LogP contribution in [-0.4, -0.2) is 41.8 Å². The van der Waals surface area contributed by atoms with Crippen molar-refractivity contribution in [1.29, 1.82) is 0 Å². The third-order valence-electron chi connectivity index (χ3n) is 3.42. The Morgan fingerprint density at radius 2 is 1.91 bits per heavy atom. The van der Waals surface area contributed by atoms with Crippen molar-refractivity contribution in [1.82, 2.24) is 14.9 Å². The molecule has 5 nitrogen and oxygen atoms in total. The molecule has 0 saturated heterocycles.